The number of hydrogen-bond donors (Lipinski definition) is 1. The summed E-state index contributed by atoms with van der Waals surface area (Å²) in [5.74, 6) is -0.775. The molecular weight excluding hydrogens is 178 g/mol. The second-order valence-corrected chi connectivity index (χ2v) is 5.37. The van der Waals surface area contributed by atoms with Gasteiger partial charge in [0.25, 0.3) is 0 Å². The molecule has 2 fully saturated rings. The standard InChI is InChI=1S/C11H19NO2/c1-11(2)7-12(8-3-4-8)6-5-9(11)10(13)14/h8-9H,3-7H2,1-2H3,(H,13,14). The molecule has 0 bridgehead atoms. The first-order chi connectivity index (χ1) is 6.50. The fraction of sp³-hybridized carbons (Fsp3) is 0.909. The van der Waals surface area contributed by atoms with Crippen molar-refractivity contribution in [1.29, 1.82) is 0 Å². The highest BCUT2D eigenvalue weighted by molar-refractivity contribution is 5.71. The first-order valence-corrected chi connectivity index (χ1v) is 5.47. The molecule has 1 atom stereocenters. The molecule has 0 aromatic heterocycles. The van der Waals surface area contributed by atoms with Crippen LogP contribution in [-0.2, 0) is 4.79 Å². The van der Waals surface area contributed by atoms with Gasteiger partial charge in [-0.25, -0.2) is 0 Å². The Morgan fingerprint density at radius 2 is 2.00 bits per heavy atom. The molecule has 1 N–H and O–H groups in total. The molecule has 3 heteroatoms. The topological polar surface area (TPSA) is 40.5 Å². The van der Waals surface area contributed by atoms with E-state index in [1.54, 1.807) is 0 Å². The molecule has 1 heterocycles. The predicted octanol–water partition coefficient (Wildman–Crippen LogP) is 1.58. The zero-order valence-electron chi connectivity index (χ0n) is 8.99. The van der Waals surface area contributed by atoms with E-state index in [1.807, 2.05) is 0 Å². The van der Waals surface area contributed by atoms with Crippen LogP contribution in [0.25, 0.3) is 0 Å². The third-order valence-corrected chi connectivity index (χ3v) is 3.62. The highest BCUT2D eigenvalue weighted by atomic mass is 16.4. The Bertz CT molecular complexity index is 246. The predicted molar refractivity (Wildman–Crippen MR) is 54.1 cm³/mol. The van der Waals surface area contributed by atoms with E-state index in [0.717, 1.165) is 25.6 Å². The van der Waals surface area contributed by atoms with Gasteiger partial charge in [-0.1, -0.05) is 13.8 Å². The summed E-state index contributed by atoms with van der Waals surface area (Å²) in [6.07, 6.45) is 3.44. The Labute approximate surface area is 85.1 Å². The summed E-state index contributed by atoms with van der Waals surface area (Å²) in [7, 11) is 0. The van der Waals surface area contributed by atoms with E-state index in [-0.39, 0.29) is 11.3 Å². The summed E-state index contributed by atoms with van der Waals surface area (Å²) in [6.45, 7) is 6.10. The van der Waals surface area contributed by atoms with E-state index >= 15 is 0 Å². The van der Waals surface area contributed by atoms with E-state index in [0.29, 0.717) is 0 Å². The average Bonchev–Trinajstić information content (AvgIpc) is 2.82. The van der Waals surface area contributed by atoms with Crippen LogP contribution in [0.2, 0.25) is 0 Å². The molecule has 0 spiro atoms. The number of carbonyl (C=O) groups is 1. The van der Waals surface area contributed by atoms with Gasteiger partial charge >= 0.3 is 5.97 Å². The van der Waals surface area contributed by atoms with E-state index < -0.39 is 5.97 Å². The molecule has 1 unspecified atom stereocenters. The number of piperidine rings is 1. The van der Waals surface area contributed by atoms with Gasteiger partial charge < -0.3 is 5.11 Å². The lowest BCUT2D eigenvalue weighted by Gasteiger charge is -2.42. The number of carboxylic acids is 1. The Balaban J connectivity index is 2.03. The van der Waals surface area contributed by atoms with Gasteiger partial charge in [0.05, 0.1) is 5.92 Å². The fourth-order valence-corrected chi connectivity index (χ4v) is 2.61. The van der Waals surface area contributed by atoms with Crippen LogP contribution in [0.15, 0.2) is 0 Å². The SMILES string of the molecule is CC1(C)CN(C2CC2)CCC1C(=O)O. The van der Waals surface area contributed by atoms with Crippen molar-refractivity contribution in [2.24, 2.45) is 11.3 Å². The molecule has 1 aliphatic heterocycles. The lowest BCUT2D eigenvalue weighted by atomic mass is 9.74. The zero-order chi connectivity index (χ0) is 10.3. The average molecular weight is 197 g/mol. The Hall–Kier alpha value is -0.570. The second-order valence-electron chi connectivity index (χ2n) is 5.37. The molecule has 3 nitrogen and oxygen atoms in total. The zero-order valence-corrected chi connectivity index (χ0v) is 8.99. The van der Waals surface area contributed by atoms with Crippen LogP contribution in [-0.4, -0.2) is 35.1 Å². The summed E-state index contributed by atoms with van der Waals surface area (Å²) in [5, 5.41) is 9.10. The van der Waals surface area contributed by atoms with Crippen molar-refractivity contribution in [3.05, 3.63) is 0 Å². The molecule has 0 amide bonds. The van der Waals surface area contributed by atoms with Crippen LogP contribution in [0, 0.1) is 11.3 Å². The molecule has 1 aliphatic carbocycles. The van der Waals surface area contributed by atoms with E-state index in [1.165, 1.54) is 12.8 Å². The molecule has 14 heavy (non-hydrogen) atoms. The van der Waals surface area contributed by atoms with Crippen molar-refractivity contribution < 1.29 is 9.90 Å². The number of aliphatic carboxylic acids is 1. The van der Waals surface area contributed by atoms with Crippen molar-refractivity contribution in [1.82, 2.24) is 4.90 Å². The van der Waals surface area contributed by atoms with Crippen LogP contribution in [0.5, 0.6) is 0 Å². The van der Waals surface area contributed by atoms with Crippen LogP contribution >= 0.6 is 0 Å². The summed E-state index contributed by atoms with van der Waals surface area (Å²) >= 11 is 0. The fourth-order valence-electron chi connectivity index (χ4n) is 2.61. The van der Waals surface area contributed by atoms with E-state index in [2.05, 4.69) is 18.7 Å². The summed E-state index contributed by atoms with van der Waals surface area (Å²) in [5.41, 5.74) is -0.0628. The number of carboxylic acid groups (broad SMARTS) is 1. The van der Waals surface area contributed by atoms with Gasteiger partial charge in [-0.2, -0.15) is 0 Å². The van der Waals surface area contributed by atoms with Crippen molar-refractivity contribution in [2.45, 2.75) is 39.2 Å². The third kappa shape index (κ3) is 1.78. The van der Waals surface area contributed by atoms with Crippen molar-refractivity contribution in [2.75, 3.05) is 13.1 Å². The highest BCUT2D eigenvalue weighted by Crippen LogP contribution is 2.39. The van der Waals surface area contributed by atoms with Gasteiger partial charge in [0, 0.05) is 12.6 Å². The molecular formula is C11H19NO2. The lowest BCUT2D eigenvalue weighted by molar-refractivity contribution is -0.149. The summed E-state index contributed by atoms with van der Waals surface area (Å²) in [6, 6.07) is 0.768. The van der Waals surface area contributed by atoms with Gasteiger partial charge in [0.2, 0.25) is 0 Å². The van der Waals surface area contributed by atoms with Crippen LogP contribution in [0.1, 0.15) is 33.1 Å². The number of likely N-dealkylation sites (tertiary alicyclic amines) is 1. The maximum Gasteiger partial charge on any atom is 0.307 e. The molecule has 0 radical (unpaired) electrons. The Kier molecular flexibility index (Phi) is 2.30. The molecule has 2 aliphatic rings. The number of rotatable bonds is 2. The lowest BCUT2D eigenvalue weighted by Crippen LogP contribution is -2.49. The molecule has 2 rings (SSSR count). The van der Waals surface area contributed by atoms with Crippen LogP contribution in [0.4, 0.5) is 0 Å². The highest BCUT2D eigenvalue weighted by Gasteiger charge is 2.43. The van der Waals surface area contributed by atoms with E-state index in [4.69, 9.17) is 5.11 Å². The minimum atomic E-state index is -0.620. The minimum Gasteiger partial charge on any atom is -0.481 e. The maximum atomic E-state index is 11.0. The van der Waals surface area contributed by atoms with Crippen LogP contribution < -0.4 is 0 Å². The number of nitrogens with zero attached hydrogens (tertiary/aromatic N) is 1. The minimum absolute atomic E-state index is 0.0628. The van der Waals surface area contributed by atoms with Gasteiger partial charge in [-0.05, 0) is 31.2 Å². The Morgan fingerprint density at radius 1 is 1.36 bits per heavy atom. The van der Waals surface area contributed by atoms with Gasteiger partial charge in [-0.3, -0.25) is 9.69 Å². The normalized spacial score (nSPS) is 32.9. The molecule has 0 aromatic carbocycles. The van der Waals surface area contributed by atoms with Gasteiger partial charge in [-0.15, -0.1) is 0 Å². The summed E-state index contributed by atoms with van der Waals surface area (Å²) in [4.78, 5) is 13.5. The van der Waals surface area contributed by atoms with Gasteiger partial charge in [0.1, 0.15) is 0 Å². The van der Waals surface area contributed by atoms with E-state index in [9.17, 15) is 4.79 Å². The molecule has 0 aromatic rings. The molecule has 1 saturated heterocycles. The molecule has 80 valence electrons. The van der Waals surface area contributed by atoms with Crippen molar-refractivity contribution in [3.63, 3.8) is 0 Å². The monoisotopic (exact) mass is 197 g/mol. The molecule has 1 saturated carbocycles. The van der Waals surface area contributed by atoms with Crippen molar-refractivity contribution in [3.8, 4) is 0 Å². The first-order valence-electron chi connectivity index (χ1n) is 5.47. The smallest absolute Gasteiger partial charge is 0.307 e. The first kappa shape index (κ1) is 9.97. The quantitative estimate of drug-likeness (QED) is 0.730. The summed E-state index contributed by atoms with van der Waals surface area (Å²) < 4.78 is 0. The number of hydrogen-bond acceptors (Lipinski definition) is 2. The third-order valence-electron chi connectivity index (χ3n) is 3.62. The van der Waals surface area contributed by atoms with Crippen LogP contribution in [0.3, 0.4) is 0 Å². The Morgan fingerprint density at radius 3 is 2.43 bits per heavy atom. The second kappa shape index (κ2) is 3.23. The van der Waals surface area contributed by atoms with Crippen molar-refractivity contribution >= 4 is 5.97 Å². The maximum absolute atomic E-state index is 11.0. The van der Waals surface area contributed by atoms with Gasteiger partial charge in [0.15, 0.2) is 0 Å². The largest absolute Gasteiger partial charge is 0.481 e.